The van der Waals surface area contributed by atoms with Crippen LogP contribution in [0.1, 0.15) is 12.0 Å². The van der Waals surface area contributed by atoms with Crippen LogP contribution in [0.25, 0.3) is 20.9 Å². The topological polar surface area (TPSA) is 144 Å². The molecular formula is C10H12N6O3S. The van der Waals surface area contributed by atoms with E-state index in [1.165, 1.54) is 12.0 Å². The average molecular weight is 296 g/mol. The first-order valence-electron chi connectivity index (χ1n) is 5.60. The van der Waals surface area contributed by atoms with Crippen LogP contribution in [0.2, 0.25) is 0 Å². The molecule has 0 aromatic heterocycles. The van der Waals surface area contributed by atoms with E-state index in [4.69, 9.17) is 15.8 Å². The fraction of sp³-hybridized carbons (Fsp3) is 0.400. The Hall–Kier alpha value is -2.25. The Labute approximate surface area is 115 Å². The number of hydrogen-bond donors (Lipinski definition) is 0. The van der Waals surface area contributed by atoms with Gasteiger partial charge in [0.15, 0.2) is 0 Å². The predicted octanol–water partition coefficient (Wildman–Crippen LogP) is 2.87. The number of epoxide rings is 1. The van der Waals surface area contributed by atoms with Gasteiger partial charge in [-0.25, -0.2) is 8.42 Å². The number of nitrogens with zero attached hydrogens (tertiary/aromatic N) is 6. The molecule has 10 heteroatoms. The van der Waals surface area contributed by atoms with Crippen molar-refractivity contribution in [2.75, 3.05) is 6.61 Å². The zero-order valence-electron chi connectivity index (χ0n) is 10.4. The summed E-state index contributed by atoms with van der Waals surface area (Å²) in [6.45, 7) is 0.979. The van der Waals surface area contributed by atoms with E-state index < -0.39 is 10.2 Å². The summed E-state index contributed by atoms with van der Waals surface area (Å²) in [4.78, 5) is 3.80. The van der Waals surface area contributed by atoms with Gasteiger partial charge < -0.3 is 4.74 Å². The molecule has 1 saturated heterocycles. The summed E-state index contributed by atoms with van der Waals surface area (Å²) in [6, 6.07) is 10.6. The quantitative estimate of drug-likeness (QED) is 0.356. The minimum atomic E-state index is -4.27. The van der Waals surface area contributed by atoms with E-state index in [-0.39, 0.29) is 0 Å². The Morgan fingerprint density at radius 2 is 1.75 bits per heavy atom. The number of ether oxygens (including phenoxy) is 1. The lowest BCUT2D eigenvalue weighted by atomic mass is 10.1. The Morgan fingerprint density at radius 1 is 1.20 bits per heavy atom. The van der Waals surface area contributed by atoms with Crippen LogP contribution in [0.5, 0.6) is 0 Å². The van der Waals surface area contributed by atoms with Gasteiger partial charge >= 0.3 is 10.2 Å². The summed E-state index contributed by atoms with van der Waals surface area (Å²) in [6.07, 6.45) is 2.91. The second kappa shape index (κ2) is 8.03. The molecule has 0 aliphatic carbocycles. The Kier molecular flexibility index (Phi) is 6.34. The Bertz CT molecular complexity index is 592. The second-order valence-electron chi connectivity index (χ2n) is 3.77. The number of benzene rings is 1. The number of azide groups is 1. The highest BCUT2D eigenvalue weighted by Crippen LogP contribution is 2.16. The molecule has 1 unspecified atom stereocenters. The summed E-state index contributed by atoms with van der Waals surface area (Å²) in [5.74, 6) is 0. The lowest BCUT2D eigenvalue weighted by Gasteiger charge is -1.96. The third-order valence-electron chi connectivity index (χ3n) is 2.28. The molecule has 1 aromatic carbocycles. The van der Waals surface area contributed by atoms with Crippen molar-refractivity contribution in [3.63, 3.8) is 0 Å². The number of hydrogen-bond acceptors (Lipinski definition) is 3. The van der Waals surface area contributed by atoms with Gasteiger partial charge in [0.05, 0.1) is 12.7 Å². The van der Waals surface area contributed by atoms with Gasteiger partial charge in [0.1, 0.15) is 0 Å². The summed E-state index contributed by atoms with van der Waals surface area (Å²) in [5, 5.41) is 0. The zero-order chi connectivity index (χ0) is 14.8. The summed E-state index contributed by atoms with van der Waals surface area (Å²) >= 11 is 0. The molecule has 0 N–H and O–H groups in total. The first-order valence-corrected chi connectivity index (χ1v) is 7.00. The minimum absolute atomic E-state index is 0.565. The van der Waals surface area contributed by atoms with Crippen LogP contribution in [0.3, 0.4) is 0 Å². The van der Waals surface area contributed by atoms with Crippen LogP contribution in [0, 0.1) is 0 Å². The van der Waals surface area contributed by atoms with Crippen LogP contribution in [-0.2, 0) is 21.4 Å². The van der Waals surface area contributed by atoms with E-state index in [0.717, 1.165) is 13.0 Å². The van der Waals surface area contributed by atoms with E-state index in [1.807, 2.05) is 9.82 Å². The highest BCUT2D eigenvalue weighted by Gasteiger charge is 2.21. The van der Waals surface area contributed by atoms with Gasteiger partial charge in [0, 0.05) is 18.9 Å². The van der Waals surface area contributed by atoms with Crippen molar-refractivity contribution in [3.05, 3.63) is 56.8 Å². The Morgan fingerprint density at radius 3 is 2.20 bits per heavy atom. The molecule has 0 bridgehead atoms. The van der Waals surface area contributed by atoms with Crippen LogP contribution in [-0.4, -0.2) is 21.1 Å². The van der Waals surface area contributed by atoms with Crippen molar-refractivity contribution in [1.82, 2.24) is 0 Å². The van der Waals surface area contributed by atoms with Crippen LogP contribution >= 0.6 is 0 Å². The monoisotopic (exact) mass is 296 g/mol. The maximum absolute atomic E-state index is 9.99. The molecular weight excluding hydrogens is 284 g/mol. The molecule has 1 aliphatic heterocycles. The highest BCUT2D eigenvalue weighted by molar-refractivity contribution is 7.88. The molecule has 20 heavy (non-hydrogen) atoms. The second-order valence-corrected chi connectivity index (χ2v) is 4.99. The van der Waals surface area contributed by atoms with Crippen molar-refractivity contribution in [3.8, 4) is 0 Å². The van der Waals surface area contributed by atoms with Crippen molar-refractivity contribution in [1.29, 1.82) is 0 Å². The van der Waals surface area contributed by atoms with E-state index in [1.54, 1.807) is 0 Å². The molecule has 0 amide bonds. The first kappa shape index (κ1) is 15.8. The molecule has 1 atom stereocenters. The van der Waals surface area contributed by atoms with Gasteiger partial charge in [-0.2, -0.15) is 0 Å². The van der Waals surface area contributed by atoms with Gasteiger partial charge in [0.25, 0.3) is 0 Å². The van der Waals surface area contributed by atoms with Gasteiger partial charge in [-0.15, -0.1) is 0 Å². The van der Waals surface area contributed by atoms with Crippen molar-refractivity contribution < 1.29 is 13.2 Å². The molecule has 1 aliphatic rings. The summed E-state index contributed by atoms with van der Waals surface area (Å²) in [5.41, 5.74) is 16.5. The van der Waals surface area contributed by atoms with Gasteiger partial charge in [0.2, 0.25) is 0 Å². The first-order chi connectivity index (χ1) is 9.57. The molecule has 106 valence electrons. The van der Waals surface area contributed by atoms with Gasteiger partial charge in [-0.05, 0) is 29.5 Å². The van der Waals surface area contributed by atoms with Crippen molar-refractivity contribution in [2.24, 2.45) is 9.04 Å². The summed E-state index contributed by atoms with van der Waals surface area (Å²) in [7, 11) is -4.27. The SMILES string of the molecule is [N-]=[N+]=NS(=O)(=O)N=[N+]=[N-].c1ccc(CCC2CO2)cc1. The molecule has 1 fully saturated rings. The normalized spacial score (nSPS) is 15.9. The maximum atomic E-state index is 9.99. The number of rotatable bonds is 5. The molecule has 1 aromatic rings. The average Bonchev–Trinajstić information content (AvgIpc) is 3.22. The smallest absolute Gasteiger partial charge is 0.321 e. The summed E-state index contributed by atoms with van der Waals surface area (Å²) < 4.78 is 29.5. The highest BCUT2D eigenvalue weighted by atomic mass is 32.2. The maximum Gasteiger partial charge on any atom is 0.321 e. The molecule has 0 radical (unpaired) electrons. The van der Waals surface area contributed by atoms with E-state index >= 15 is 0 Å². The molecule has 9 nitrogen and oxygen atoms in total. The van der Waals surface area contributed by atoms with Crippen LogP contribution in [0.4, 0.5) is 0 Å². The molecule has 0 spiro atoms. The van der Waals surface area contributed by atoms with E-state index in [2.05, 4.69) is 39.4 Å². The predicted molar refractivity (Wildman–Crippen MR) is 71.7 cm³/mol. The van der Waals surface area contributed by atoms with Gasteiger partial charge in [-0.1, -0.05) is 30.3 Å². The van der Waals surface area contributed by atoms with Crippen molar-refractivity contribution in [2.45, 2.75) is 18.9 Å². The lowest BCUT2D eigenvalue weighted by molar-refractivity contribution is 0.397. The van der Waals surface area contributed by atoms with E-state index in [0.29, 0.717) is 6.10 Å². The number of aryl methyl sites for hydroxylation is 1. The van der Waals surface area contributed by atoms with Crippen LogP contribution in [0.15, 0.2) is 39.4 Å². The standard InChI is InChI=1S/C10H12O.N6O2S/c1-2-4-9(5-3-1)6-7-10-8-11-10;1-3-5-9(7,8)6-4-2/h1-5,10H,6-8H2;. The third kappa shape index (κ3) is 7.24. The largest absolute Gasteiger partial charge is 0.373 e. The minimum Gasteiger partial charge on any atom is -0.373 e. The Balaban J connectivity index is 0.000000206. The molecule has 1 heterocycles. The lowest BCUT2D eigenvalue weighted by Crippen LogP contribution is -1.89. The molecule has 0 saturated carbocycles. The van der Waals surface area contributed by atoms with Gasteiger partial charge in [-0.3, -0.25) is 0 Å². The van der Waals surface area contributed by atoms with E-state index in [9.17, 15) is 8.42 Å². The molecule has 2 rings (SSSR count). The fourth-order valence-corrected chi connectivity index (χ4v) is 1.53. The zero-order valence-corrected chi connectivity index (χ0v) is 11.2. The van der Waals surface area contributed by atoms with Crippen molar-refractivity contribution >= 4 is 10.2 Å². The van der Waals surface area contributed by atoms with Crippen LogP contribution < -0.4 is 0 Å². The fourth-order valence-electron chi connectivity index (χ4n) is 1.32. The third-order valence-corrected chi connectivity index (χ3v) is 2.84.